The van der Waals surface area contributed by atoms with Crippen LogP contribution in [0.4, 0.5) is 5.69 Å². The third kappa shape index (κ3) is 3.96. The Morgan fingerprint density at radius 1 is 1.13 bits per heavy atom. The van der Waals surface area contributed by atoms with Crippen molar-refractivity contribution in [1.82, 2.24) is 0 Å². The predicted octanol–water partition coefficient (Wildman–Crippen LogP) is 1.81. The van der Waals surface area contributed by atoms with Crippen molar-refractivity contribution in [1.29, 1.82) is 0 Å². The number of anilines is 1. The van der Waals surface area contributed by atoms with E-state index in [0.717, 1.165) is 5.46 Å². The normalized spacial score (nSPS) is 11.3. The largest absolute Gasteiger partial charge is 0.430 e. The minimum Gasteiger partial charge on any atom is -0.430 e. The van der Waals surface area contributed by atoms with E-state index in [4.69, 9.17) is 4.65 Å². The summed E-state index contributed by atoms with van der Waals surface area (Å²) in [5, 5.41) is 0. The second kappa shape index (κ2) is 4.71. The summed E-state index contributed by atoms with van der Waals surface area (Å²) in [4.78, 5) is 2.08. The topological polar surface area (TPSA) is 12.5 Å². The molecule has 0 spiro atoms. The number of nitrogens with zero attached hydrogens (tertiary/aromatic N) is 1. The summed E-state index contributed by atoms with van der Waals surface area (Å²) in [6.07, 6.45) is 0. The average molecular weight is 204 g/mol. The van der Waals surface area contributed by atoms with Gasteiger partial charge in [-0.3, -0.25) is 0 Å². The van der Waals surface area contributed by atoms with Crippen molar-refractivity contribution in [2.24, 2.45) is 0 Å². The lowest BCUT2D eigenvalue weighted by Gasteiger charge is -2.22. The van der Waals surface area contributed by atoms with Crippen LogP contribution in [0.25, 0.3) is 0 Å². The monoisotopic (exact) mass is 204 g/mol. The van der Waals surface area contributed by atoms with Gasteiger partial charge in [-0.05, 0) is 32.3 Å². The van der Waals surface area contributed by atoms with E-state index in [2.05, 4.69) is 17.0 Å². The van der Waals surface area contributed by atoms with Gasteiger partial charge in [0.2, 0.25) is 0 Å². The van der Waals surface area contributed by atoms with Gasteiger partial charge in [-0.1, -0.05) is 18.2 Å². The van der Waals surface area contributed by atoms with Crippen LogP contribution in [0.15, 0.2) is 24.3 Å². The van der Waals surface area contributed by atoms with Crippen molar-refractivity contribution in [2.75, 3.05) is 19.0 Å². The Balaban J connectivity index is 2.76. The van der Waals surface area contributed by atoms with Crippen molar-refractivity contribution in [3.63, 3.8) is 0 Å². The molecule has 81 valence electrons. The molecule has 1 rings (SSSR count). The van der Waals surface area contributed by atoms with Gasteiger partial charge in [-0.2, -0.15) is 0 Å². The number of para-hydroxylation sites is 1. The van der Waals surface area contributed by atoms with Crippen molar-refractivity contribution < 1.29 is 4.65 Å². The Kier molecular flexibility index (Phi) is 3.80. The van der Waals surface area contributed by atoms with E-state index in [1.165, 1.54) is 5.69 Å². The molecule has 0 aliphatic heterocycles. The summed E-state index contributed by atoms with van der Waals surface area (Å²) >= 11 is 0. The van der Waals surface area contributed by atoms with E-state index < -0.39 is 0 Å². The molecule has 0 aromatic heterocycles. The van der Waals surface area contributed by atoms with Crippen molar-refractivity contribution in [3.05, 3.63) is 24.3 Å². The van der Waals surface area contributed by atoms with E-state index in [1.807, 2.05) is 54.5 Å². The summed E-state index contributed by atoms with van der Waals surface area (Å²) in [6.45, 7) is 6.13. The fourth-order valence-electron chi connectivity index (χ4n) is 1.23. The Labute approximate surface area is 93.5 Å². The highest BCUT2D eigenvalue weighted by Crippen LogP contribution is 2.09. The fraction of sp³-hybridized carbons (Fsp3) is 0.500. The van der Waals surface area contributed by atoms with E-state index in [-0.39, 0.29) is 5.60 Å². The Morgan fingerprint density at radius 3 is 2.27 bits per heavy atom. The van der Waals surface area contributed by atoms with Gasteiger partial charge in [0, 0.05) is 25.4 Å². The zero-order valence-electron chi connectivity index (χ0n) is 10.2. The Morgan fingerprint density at radius 2 is 1.73 bits per heavy atom. The first-order valence-electron chi connectivity index (χ1n) is 5.17. The first kappa shape index (κ1) is 12.1. The minimum absolute atomic E-state index is 0.139. The summed E-state index contributed by atoms with van der Waals surface area (Å²) in [5.41, 5.74) is 2.14. The maximum absolute atomic E-state index is 5.65. The minimum atomic E-state index is -0.139. The lowest BCUT2D eigenvalue weighted by molar-refractivity contribution is 0.142. The van der Waals surface area contributed by atoms with Gasteiger partial charge in [0.05, 0.1) is 0 Å². The van der Waals surface area contributed by atoms with Crippen LogP contribution < -0.4 is 10.4 Å². The number of hydrogen-bond donors (Lipinski definition) is 0. The van der Waals surface area contributed by atoms with E-state index >= 15 is 0 Å². The number of hydrogen-bond acceptors (Lipinski definition) is 2. The molecule has 0 atom stereocenters. The molecule has 0 N–H and O–H groups in total. The molecule has 0 aliphatic carbocycles. The smallest absolute Gasteiger partial charge is 0.332 e. The molecule has 2 nitrogen and oxygen atoms in total. The number of rotatable bonds is 3. The molecule has 3 heteroatoms. The van der Waals surface area contributed by atoms with E-state index in [1.54, 1.807) is 0 Å². The lowest BCUT2D eigenvalue weighted by Crippen LogP contribution is -2.31. The maximum Gasteiger partial charge on any atom is 0.332 e. The summed E-state index contributed by atoms with van der Waals surface area (Å²) in [7, 11) is 5.89. The van der Waals surface area contributed by atoms with Gasteiger partial charge in [-0.25, -0.2) is 0 Å². The van der Waals surface area contributed by atoms with Crippen LogP contribution in [0.3, 0.4) is 0 Å². The molecular formula is C12H19BNO. The molecule has 0 heterocycles. The highest BCUT2D eigenvalue weighted by atomic mass is 16.5. The highest BCUT2D eigenvalue weighted by molar-refractivity contribution is 6.49. The third-order valence-electron chi connectivity index (χ3n) is 1.96. The van der Waals surface area contributed by atoms with Crippen molar-refractivity contribution in [2.45, 2.75) is 26.4 Å². The zero-order chi connectivity index (χ0) is 11.5. The molecule has 1 radical (unpaired) electrons. The zero-order valence-corrected chi connectivity index (χ0v) is 10.2. The van der Waals surface area contributed by atoms with E-state index in [0.29, 0.717) is 0 Å². The quantitative estimate of drug-likeness (QED) is 0.696. The highest BCUT2D eigenvalue weighted by Gasteiger charge is 2.13. The molecule has 0 unspecified atom stereocenters. The molecule has 0 saturated heterocycles. The van der Waals surface area contributed by atoms with Crippen LogP contribution in [0, 0.1) is 0 Å². The molecule has 0 saturated carbocycles. The molecule has 0 bridgehead atoms. The lowest BCUT2D eigenvalue weighted by atomic mass is 9.85. The fourth-order valence-corrected chi connectivity index (χ4v) is 1.23. The standard InChI is InChI=1S/C12H19BNO/c1-12(2,3)15-13-10-8-6-7-9-11(10)14(4)5/h6-9H,1-5H3. The second-order valence-electron chi connectivity index (χ2n) is 4.80. The molecular weight excluding hydrogens is 185 g/mol. The van der Waals surface area contributed by atoms with Crippen LogP contribution in [0.2, 0.25) is 0 Å². The van der Waals surface area contributed by atoms with Crippen LogP contribution in [-0.4, -0.2) is 27.2 Å². The van der Waals surface area contributed by atoms with Crippen LogP contribution in [0.5, 0.6) is 0 Å². The molecule has 0 aliphatic rings. The van der Waals surface area contributed by atoms with Crippen LogP contribution in [-0.2, 0) is 4.65 Å². The molecule has 1 aromatic rings. The molecule has 1 aromatic carbocycles. The molecule has 15 heavy (non-hydrogen) atoms. The molecule has 0 amide bonds. The Bertz CT molecular complexity index is 318. The van der Waals surface area contributed by atoms with Crippen LogP contribution in [0.1, 0.15) is 20.8 Å². The van der Waals surface area contributed by atoms with Crippen LogP contribution >= 0.6 is 0 Å². The molecule has 0 fully saturated rings. The first-order valence-corrected chi connectivity index (χ1v) is 5.17. The predicted molar refractivity (Wildman–Crippen MR) is 67.0 cm³/mol. The Hall–Kier alpha value is -0.955. The van der Waals surface area contributed by atoms with Gasteiger partial charge in [-0.15, -0.1) is 0 Å². The summed E-state index contributed by atoms with van der Waals surface area (Å²) in [6, 6.07) is 8.19. The summed E-state index contributed by atoms with van der Waals surface area (Å²) < 4.78 is 5.65. The van der Waals surface area contributed by atoms with Gasteiger partial charge in [0.25, 0.3) is 0 Å². The van der Waals surface area contributed by atoms with Gasteiger partial charge >= 0.3 is 7.48 Å². The maximum atomic E-state index is 5.65. The first-order chi connectivity index (χ1) is 6.90. The van der Waals surface area contributed by atoms with Gasteiger partial charge in [0.1, 0.15) is 0 Å². The van der Waals surface area contributed by atoms with Crippen molar-refractivity contribution in [3.8, 4) is 0 Å². The summed E-state index contributed by atoms with van der Waals surface area (Å²) in [5.74, 6) is 0. The third-order valence-corrected chi connectivity index (χ3v) is 1.96. The SMILES string of the molecule is CN(C)c1ccccc1[B]OC(C)(C)C. The second-order valence-corrected chi connectivity index (χ2v) is 4.80. The van der Waals surface area contributed by atoms with E-state index in [9.17, 15) is 0 Å². The van der Waals surface area contributed by atoms with Crippen molar-refractivity contribution >= 4 is 18.6 Å². The number of benzene rings is 1. The van der Waals surface area contributed by atoms with Gasteiger partial charge in [0.15, 0.2) is 0 Å². The average Bonchev–Trinajstić information content (AvgIpc) is 2.14. The van der Waals surface area contributed by atoms with Gasteiger partial charge < -0.3 is 9.55 Å².